The van der Waals surface area contributed by atoms with Crippen molar-refractivity contribution in [2.45, 2.75) is 52.7 Å². The lowest BCUT2D eigenvalue weighted by Gasteiger charge is -2.38. The average molecular weight is 536 g/mol. The number of nitrogens with two attached hydrogens (primary N) is 1. The van der Waals surface area contributed by atoms with Crippen LogP contribution in [0.25, 0.3) is 0 Å². The molecule has 0 saturated heterocycles. The summed E-state index contributed by atoms with van der Waals surface area (Å²) in [5.74, 6) is 0.289. The van der Waals surface area contributed by atoms with Crippen LogP contribution in [0.1, 0.15) is 46.5 Å². The summed E-state index contributed by atoms with van der Waals surface area (Å²) in [6, 6.07) is 7.13. The van der Waals surface area contributed by atoms with Crippen LogP contribution in [-0.2, 0) is 28.5 Å². The molecule has 0 saturated carbocycles. The molecule has 1 aromatic carbocycles. The van der Waals surface area contributed by atoms with Gasteiger partial charge in [0.2, 0.25) is 12.2 Å². The summed E-state index contributed by atoms with van der Waals surface area (Å²) >= 11 is 0. The van der Waals surface area contributed by atoms with E-state index in [0.717, 1.165) is 6.42 Å². The highest BCUT2D eigenvalue weighted by molar-refractivity contribution is 5.93. The van der Waals surface area contributed by atoms with Crippen molar-refractivity contribution in [1.82, 2.24) is 5.32 Å². The largest absolute Gasteiger partial charge is 0.459 e. The maximum Gasteiger partial charge on any atom is 0.286 e. The van der Waals surface area contributed by atoms with Gasteiger partial charge in [0, 0.05) is 32.1 Å². The molecule has 38 heavy (non-hydrogen) atoms. The van der Waals surface area contributed by atoms with Gasteiger partial charge < -0.3 is 40.4 Å². The quantitative estimate of drug-likeness (QED) is 0.166. The first kappa shape index (κ1) is 31.6. The lowest BCUT2D eigenvalue weighted by Crippen LogP contribution is -2.41. The van der Waals surface area contributed by atoms with Gasteiger partial charge in [0.25, 0.3) is 5.91 Å². The molecule has 2 rings (SSSR count). The van der Waals surface area contributed by atoms with Gasteiger partial charge >= 0.3 is 0 Å². The number of nitrogens with one attached hydrogen (secondary N) is 2. The van der Waals surface area contributed by atoms with Crippen molar-refractivity contribution in [2.75, 3.05) is 57.2 Å². The van der Waals surface area contributed by atoms with Crippen molar-refractivity contribution >= 4 is 23.2 Å². The number of carbonyl (C=O) groups is 2. The first-order valence-corrected chi connectivity index (χ1v) is 13.6. The Morgan fingerprint density at radius 3 is 2.53 bits per heavy atom. The van der Waals surface area contributed by atoms with E-state index in [1.807, 2.05) is 25.1 Å². The highest BCUT2D eigenvalue weighted by Crippen LogP contribution is 2.36. The standard InChI is InChI=1S/C28H45N3O7/c1-4-37-28-21(12-15-35-17-18-36-16-14-32)22(20(2)3)19-25(38-28)27(34)30-13-8-7-11-26(33)31-24-10-6-5-9-23(24)29/h5-6,9-10,19-22,28,32H,4,7-8,11-18,29H2,1-3H3,(H,30,34)(H,31,33)/t21-,22+,28+/m1/s1. The van der Waals surface area contributed by atoms with E-state index < -0.39 is 6.29 Å². The fourth-order valence-electron chi connectivity index (χ4n) is 4.33. The van der Waals surface area contributed by atoms with Gasteiger partial charge in [0.1, 0.15) is 0 Å². The van der Waals surface area contributed by atoms with E-state index in [4.69, 9.17) is 29.8 Å². The second-order valence-corrected chi connectivity index (χ2v) is 9.54. The van der Waals surface area contributed by atoms with Crippen LogP contribution < -0.4 is 16.4 Å². The van der Waals surface area contributed by atoms with Crippen LogP contribution >= 0.6 is 0 Å². The van der Waals surface area contributed by atoms with Gasteiger partial charge in [-0.3, -0.25) is 9.59 Å². The number of unbranched alkanes of at least 4 members (excludes halogenated alkanes) is 1. The Bertz CT molecular complexity index is 878. The van der Waals surface area contributed by atoms with Gasteiger partial charge in [0.15, 0.2) is 5.76 Å². The van der Waals surface area contributed by atoms with E-state index in [-0.39, 0.29) is 41.9 Å². The second kappa shape index (κ2) is 17.8. The molecule has 3 atom stereocenters. The minimum absolute atomic E-state index is 0.00436. The van der Waals surface area contributed by atoms with Gasteiger partial charge in [-0.05, 0) is 56.2 Å². The number of para-hydroxylation sites is 2. The molecule has 0 unspecified atom stereocenters. The molecule has 10 heteroatoms. The summed E-state index contributed by atoms with van der Waals surface area (Å²) in [4.78, 5) is 25.0. The van der Waals surface area contributed by atoms with E-state index in [9.17, 15) is 9.59 Å². The Hall–Kier alpha value is -2.66. The predicted octanol–water partition coefficient (Wildman–Crippen LogP) is 3.07. The van der Waals surface area contributed by atoms with Crippen LogP contribution in [0.3, 0.4) is 0 Å². The Morgan fingerprint density at radius 1 is 1.11 bits per heavy atom. The van der Waals surface area contributed by atoms with E-state index in [0.29, 0.717) is 70.2 Å². The maximum absolute atomic E-state index is 12.9. The minimum Gasteiger partial charge on any atom is -0.459 e. The molecule has 1 aromatic rings. The molecular weight excluding hydrogens is 490 g/mol. The number of rotatable bonds is 18. The zero-order valence-electron chi connectivity index (χ0n) is 22.9. The second-order valence-electron chi connectivity index (χ2n) is 9.54. The lowest BCUT2D eigenvalue weighted by atomic mass is 9.79. The molecule has 0 bridgehead atoms. The van der Waals surface area contributed by atoms with Crippen molar-refractivity contribution in [3.8, 4) is 0 Å². The Labute approximate surface area is 226 Å². The van der Waals surface area contributed by atoms with E-state index >= 15 is 0 Å². The average Bonchev–Trinajstić information content (AvgIpc) is 2.89. The lowest BCUT2D eigenvalue weighted by molar-refractivity contribution is -0.177. The molecule has 10 nitrogen and oxygen atoms in total. The number of amides is 2. The highest BCUT2D eigenvalue weighted by Gasteiger charge is 2.38. The maximum atomic E-state index is 12.9. The monoisotopic (exact) mass is 535 g/mol. The summed E-state index contributed by atoms with van der Waals surface area (Å²) in [5.41, 5.74) is 6.99. The minimum atomic E-state index is -0.540. The van der Waals surface area contributed by atoms with Crippen molar-refractivity contribution in [1.29, 1.82) is 0 Å². The van der Waals surface area contributed by atoms with Crippen molar-refractivity contribution < 1.29 is 33.6 Å². The molecule has 5 N–H and O–H groups in total. The molecule has 214 valence electrons. The summed E-state index contributed by atoms with van der Waals surface area (Å²) < 4.78 is 22.8. The number of benzene rings is 1. The van der Waals surface area contributed by atoms with Gasteiger partial charge in [0.05, 0.1) is 37.8 Å². The van der Waals surface area contributed by atoms with Crippen LogP contribution in [0.2, 0.25) is 0 Å². The van der Waals surface area contributed by atoms with E-state index in [1.54, 1.807) is 12.1 Å². The van der Waals surface area contributed by atoms with Gasteiger partial charge in [-0.15, -0.1) is 0 Å². The van der Waals surface area contributed by atoms with Crippen LogP contribution in [-0.4, -0.2) is 69.4 Å². The fraction of sp³-hybridized carbons (Fsp3) is 0.643. The number of nitrogen functional groups attached to an aromatic ring is 1. The number of anilines is 2. The smallest absolute Gasteiger partial charge is 0.286 e. The molecular formula is C28H45N3O7. The zero-order chi connectivity index (χ0) is 27.8. The van der Waals surface area contributed by atoms with Crippen molar-refractivity contribution in [3.63, 3.8) is 0 Å². The summed E-state index contributed by atoms with van der Waals surface area (Å²) in [5, 5.41) is 14.5. The third-order valence-electron chi connectivity index (χ3n) is 6.31. The third-order valence-corrected chi connectivity index (χ3v) is 6.31. The third kappa shape index (κ3) is 11.0. The van der Waals surface area contributed by atoms with Crippen molar-refractivity contribution in [3.05, 3.63) is 36.1 Å². The molecule has 0 fully saturated rings. The molecule has 0 aromatic heterocycles. The summed E-state index contributed by atoms with van der Waals surface area (Å²) in [6.45, 7) is 8.74. The number of carbonyl (C=O) groups excluding carboxylic acids is 2. The molecule has 2 amide bonds. The first-order valence-electron chi connectivity index (χ1n) is 13.6. The van der Waals surface area contributed by atoms with Crippen molar-refractivity contribution in [2.24, 2.45) is 17.8 Å². The van der Waals surface area contributed by atoms with E-state index in [2.05, 4.69) is 24.5 Å². The zero-order valence-corrected chi connectivity index (χ0v) is 22.9. The topological polar surface area (TPSA) is 141 Å². The number of hydrogen-bond acceptors (Lipinski definition) is 8. The number of hydrogen-bond donors (Lipinski definition) is 4. The highest BCUT2D eigenvalue weighted by atomic mass is 16.7. The Kier molecular flexibility index (Phi) is 14.8. The van der Waals surface area contributed by atoms with Crippen LogP contribution in [0, 0.1) is 17.8 Å². The van der Waals surface area contributed by atoms with Crippen LogP contribution in [0.15, 0.2) is 36.1 Å². The molecule has 0 aliphatic carbocycles. The number of ether oxygens (including phenoxy) is 4. The summed E-state index contributed by atoms with van der Waals surface area (Å²) in [6.07, 6.45) is 3.70. The number of allylic oxidation sites excluding steroid dienone is 1. The Morgan fingerprint density at radius 2 is 1.84 bits per heavy atom. The summed E-state index contributed by atoms with van der Waals surface area (Å²) in [7, 11) is 0. The Balaban J connectivity index is 1.81. The molecule has 1 aliphatic heterocycles. The molecule has 1 aliphatic rings. The molecule has 1 heterocycles. The number of aliphatic hydroxyl groups is 1. The molecule has 0 radical (unpaired) electrons. The normalized spacial score (nSPS) is 19.1. The van der Waals surface area contributed by atoms with Gasteiger partial charge in [-0.2, -0.15) is 0 Å². The SMILES string of the molecule is CCO[C@H]1OC(C(=O)NCCCCC(=O)Nc2ccccc2N)=C[C@@H](C(C)C)[C@H]1CCOCCOCCO. The first-order chi connectivity index (χ1) is 18.4. The van der Waals surface area contributed by atoms with Crippen LogP contribution in [0.5, 0.6) is 0 Å². The van der Waals surface area contributed by atoms with E-state index in [1.165, 1.54) is 0 Å². The predicted molar refractivity (Wildman–Crippen MR) is 146 cm³/mol. The van der Waals surface area contributed by atoms with Crippen LogP contribution in [0.4, 0.5) is 11.4 Å². The fourth-order valence-corrected chi connectivity index (χ4v) is 4.33. The van der Waals surface area contributed by atoms with Gasteiger partial charge in [-0.25, -0.2) is 0 Å². The number of aliphatic hydroxyl groups excluding tert-OH is 1. The van der Waals surface area contributed by atoms with Gasteiger partial charge in [-0.1, -0.05) is 26.0 Å². The molecule has 0 spiro atoms.